The van der Waals surface area contributed by atoms with Crippen LogP contribution in [0.25, 0.3) is 0 Å². The number of unbranched alkanes of at least 4 members (excludes halogenated alkanes) is 18. The van der Waals surface area contributed by atoms with Gasteiger partial charge in [0.2, 0.25) is 0 Å². The highest BCUT2D eigenvalue weighted by Gasteiger charge is 2.22. The predicted molar refractivity (Wildman–Crippen MR) is 327 cm³/mol. The number of quaternary nitrogens is 1. The van der Waals surface area contributed by atoms with Crippen molar-refractivity contribution in [3.63, 3.8) is 0 Å². The average molecular weight is 1090 g/mol. The molecule has 0 aromatic rings. The predicted octanol–water partition coefficient (Wildman–Crippen LogP) is 18.7. The maximum Gasteiger partial charge on any atom is 0.306 e. The zero-order chi connectivity index (χ0) is 56.3. The highest BCUT2D eigenvalue weighted by atomic mass is 31.2. The topological polar surface area (TPSA) is 111 Å². The fraction of sp³-hybridized carbons (Fsp3) is 0.642. The molecule has 0 aromatic carbocycles. The van der Waals surface area contributed by atoms with E-state index in [9.17, 15) is 19.0 Å². The summed E-state index contributed by atoms with van der Waals surface area (Å²) in [4.78, 5) is 37.9. The Morgan fingerprint density at radius 3 is 1.10 bits per heavy atom. The number of hydrogen-bond donors (Lipinski definition) is 0. The number of hydrogen-bond acceptors (Lipinski definition) is 8. The summed E-state index contributed by atoms with van der Waals surface area (Å²) < 4.78 is 34.1. The minimum Gasteiger partial charge on any atom is -0.756 e. The largest absolute Gasteiger partial charge is 0.756 e. The van der Waals surface area contributed by atoms with Crippen LogP contribution in [0.3, 0.4) is 0 Å². The van der Waals surface area contributed by atoms with Gasteiger partial charge in [-0.2, -0.15) is 0 Å². The second-order valence-electron chi connectivity index (χ2n) is 21.0. The van der Waals surface area contributed by atoms with Gasteiger partial charge in [0.1, 0.15) is 19.8 Å². The SMILES string of the molecule is CC/C=C\C/C=C\C/C=C\C/C=C\C/C=C\C/C=C\C/C=C\C/C=C\C/C=C\CCCCCCCCCC(=O)OC(COC(=O)CCCCCCCCC/C=C\C/C=C\CCCCCC)COP(=O)([O-])OCC[N+](C)(C)C. The van der Waals surface area contributed by atoms with Crippen LogP contribution in [0.4, 0.5) is 0 Å². The van der Waals surface area contributed by atoms with Crippen molar-refractivity contribution >= 4 is 19.8 Å². The van der Waals surface area contributed by atoms with Crippen LogP contribution >= 0.6 is 7.82 Å². The molecule has 0 amide bonds. The normalized spacial score (nSPS) is 14.2. The molecular formula is C67H112NO8P. The van der Waals surface area contributed by atoms with Gasteiger partial charge < -0.3 is 27.9 Å². The van der Waals surface area contributed by atoms with E-state index in [-0.39, 0.29) is 26.1 Å². The molecule has 2 atom stereocenters. The Morgan fingerprint density at radius 1 is 0.416 bits per heavy atom. The number of nitrogens with zero attached hydrogens (tertiary/aromatic N) is 1. The van der Waals surface area contributed by atoms with Crippen LogP contribution in [0, 0.1) is 0 Å². The number of ether oxygens (including phenoxy) is 2. The van der Waals surface area contributed by atoms with Crippen LogP contribution in [0.15, 0.2) is 134 Å². The zero-order valence-corrected chi connectivity index (χ0v) is 50.5. The Kier molecular flexibility index (Phi) is 54.0. The molecule has 0 rings (SSSR count). The van der Waals surface area contributed by atoms with E-state index in [1.165, 1.54) is 64.2 Å². The van der Waals surface area contributed by atoms with Crippen molar-refractivity contribution < 1.29 is 42.1 Å². The molecule has 0 saturated carbocycles. The van der Waals surface area contributed by atoms with Crippen molar-refractivity contribution in [1.82, 2.24) is 0 Å². The van der Waals surface area contributed by atoms with Gasteiger partial charge in [-0.05, 0) is 116 Å². The van der Waals surface area contributed by atoms with Crippen molar-refractivity contribution in [1.29, 1.82) is 0 Å². The minimum atomic E-state index is -4.65. The van der Waals surface area contributed by atoms with E-state index < -0.39 is 32.5 Å². The molecule has 9 nitrogen and oxygen atoms in total. The lowest BCUT2D eigenvalue weighted by Gasteiger charge is -2.28. The summed E-state index contributed by atoms with van der Waals surface area (Å²) in [6.45, 7) is 4.07. The van der Waals surface area contributed by atoms with Crippen molar-refractivity contribution in [3.05, 3.63) is 134 Å². The van der Waals surface area contributed by atoms with Gasteiger partial charge in [-0.25, -0.2) is 0 Å². The van der Waals surface area contributed by atoms with Crippen LogP contribution in [0.1, 0.15) is 226 Å². The molecule has 10 heteroatoms. The van der Waals surface area contributed by atoms with E-state index >= 15 is 0 Å². The molecule has 0 N–H and O–H groups in total. The van der Waals surface area contributed by atoms with Crippen molar-refractivity contribution in [2.45, 2.75) is 232 Å². The van der Waals surface area contributed by atoms with Gasteiger partial charge in [0.05, 0.1) is 27.7 Å². The Morgan fingerprint density at radius 2 is 0.740 bits per heavy atom. The summed E-state index contributed by atoms with van der Waals surface area (Å²) in [5.74, 6) is -0.863. The molecule has 0 aliphatic rings. The fourth-order valence-electron chi connectivity index (χ4n) is 7.74. The van der Waals surface area contributed by atoms with Gasteiger partial charge in [-0.15, -0.1) is 0 Å². The van der Waals surface area contributed by atoms with Crippen LogP contribution in [0.5, 0.6) is 0 Å². The highest BCUT2D eigenvalue weighted by Crippen LogP contribution is 2.38. The third-order valence-electron chi connectivity index (χ3n) is 12.4. The average Bonchev–Trinajstić information content (AvgIpc) is 3.39. The molecule has 0 heterocycles. The van der Waals surface area contributed by atoms with E-state index in [4.69, 9.17) is 18.5 Å². The first-order chi connectivity index (χ1) is 37.5. The van der Waals surface area contributed by atoms with E-state index in [1.807, 2.05) is 21.1 Å². The molecule has 438 valence electrons. The molecule has 0 fully saturated rings. The molecule has 0 spiro atoms. The molecule has 0 aliphatic heterocycles. The first-order valence-corrected chi connectivity index (χ1v) is 31.9. The van der Waals surface area contributed by atoms with Gasteiger partial charge in [0.15, 0.2) is 6.10 Å². The maximum absolute atomic E-state index is 12.8. The Balaban J connectivity index is 4.20. The first-order valence-electron chi connectivity index (χ1n) is 30.4. The third-order valence-corrected chi connectivity index (χ3v) is 13.4. The fourth-order valence-corrected chi connectivity index (χ4v) is 8.47. The summed E-state index contributed by atoms with van der Waals surface area (Å²) in [5, 5.41) is 0. The molecule has 0 aromatic heterocycles. The van der Waals surface area contributed by atoms with E-state index in [2.05, 4.69) is 148 Å². The zero-order valence-electron chi connectivity index (χ0n) is 49.6. The third kappa shape index (κ3) is 61.2. The number of phosphoric ester groups is 1. The van der Waals surface area contributed by atoms with Gasteiger partial charge in [-0.1, -0.05) is 231 Å². The number of carbonyl (C=O) groups is 2. The van der Waals surface area contributed by atoms with Crippen LogP contribution in [-0.4, -0.2) is 70.0 Å². The first kappa shape index (κ1) is 73.2. The van der Waals surface area contributed by atoms with E-state index in [0.29, 0.717) is 23.9 Å². The quantitative estimate of drug-likeness (QED) is 0.0195. The summed E-state index contributed by atoms with van der Waals surface area (Å²) >= 11 is 0. The number of rotatable bonds is 54. The monoisotopic (exact) mass is 1090 g/mol. The molecular weight excluding hydrogens is 978 g/mol. The van der Waals surface area contributed by atoms with E-state index in [0.717, 1.165) is 122 Å². The maximum atomic E-state index is 12.8. The van der Waals surface area contributed by atoms with Gasteiger partial charge >= 0.3 is 11.9 Å². The van der Waals surface area contributed by atoms with Gasteiger partial charge in [-0.3, -0.25) is 14.2 Å². The van der Waals surface area contributed by atoms with Gasteiger partial charge in [0.25, 0.3) is 7.82 Å². The Hall–Kier alpha value is -3.85. The summed E-state index contributed by atoms with van der Waals surface area (Å²) in [7, 11) is 1.14. The smallest absolute Gasteiger partial charge is 0.306 e. The summed E-state index contributed by atoms with van der Waals surface area (Å²) in [5.41, 5.74) is 0. The number of esters is 2. The molecule has 77 heavy (non-hydrogen) atoms. The number of carbonyl (C=O) groups excluding carboxylic acids is 2. The summed E-state index contributed by atoms with van der Waals surface area (Å²) in [6, 6.07) is 0. The van der Waals surface area contributed by atoms with Crippen LogP contribution < -0.4 is 4.89 Å². The van der Waals surface area contributed by atoms with Crippen molar-refractivity contribution in [2.24, 2.45) is 0 Å². The van der Waals surface area contributed by atoms with Crippen molar-refractivity contribution in [2.75, 3.05) is 47.5 Å². The van der Waals surface area contributed by atoms with E-state index in [1.54, 1.807) is 0 Å². The number of allylic oxidation sites excluding steroid dienone is 22. The lowest BCUT2D eigenvalue weighted by atomic mass is 10.1. The highest BCUT2D eigenvalue weighted by molar-refractivity contribution is 7.45. The minimum absolute atomic E-state index is 0.0415. The lowest BCUT2D eigenvalue weighted by molar-refractivity contribution is -0.870. The Labute approximate surface area is 472 Å². The van der Waals surface area contributed by atoms with Crippen LogP contribution in [0.2, 0.25) is 0 Å². The van der Waals surface area contributed by atoms with Crippen molar-refractivity contribution in [3.8, 4) is 0 Å². The number of likely N-dealkylation sites (N-methyl/N-ethyl adjacent to an activating group) is 1. The standard InChI is InChI=1S/C67H112NO8P/c1-6-8-10-12-14-16-18-20-22-24-26-27-28-29-30-31-32-33-34-35-36-37-38-39-40-41-42-44-46-48-50-52-54-56-58-60-67(70)76-65(64-75-77(71,72)74-62-61-68(3,4)5)63-73-66(69)59-57-55-53-51-49-47-45-43-25-23-21-19-17-15-13-11-9-7-2/h8,10,14,16-17,19-20,22-23,25-27,29-30,32-33,35-36,38-39,41-42,65H,6-7,9,11-13,15,18,21,24,28,31,34,37,40,43-64H2,1-5H3/b10-8-,16-14-,19-17-,22-20-,25-23-,27-26-,30-29-,33-32-,36-35-,39-38-,42-41-. The number of phosphoric acid groups is 1. The molecule has 0 radical (unpaired) electrons. The molecule has 0 bridgehead atoms. The second-order valence-corrected chi connectivity index (χ2v) is 22.4. The second kappa shape index (κ2) is 56.9. The molecule has 0 saturated heterocycles. The Bertz CT molecular complexity index is 1760. The lowest BCUT2D eigenvalue weighted by Crippen LogP contribution is -2.37. The van der Waals surface area contributed by atoms with Crippen LogP contribution in [-0.2, 0) is 32.7 Å². The van der Waals surface area contributed by atoms with Gasteiger partial charge in [0, 0.05) is 12.8 Å². The molecule has 2 unspecified atom stereocenters. The molecule has 0 aliphatic carbocycles. The summed E-state index contributed by atoms with van der Waals surface area (Å²) in [6.07, 6.45) is 82.1.